The number of carboxylic acid groups (broad SMARTS) is 1. The number of nitrogens with one attached hydrogen (secondary N) is 1. The van der Waals surface area contributed by atoms with Gasteiger partial charge >= 0.3 is 5.97 Å². The van der Waals surface area contributed by atoms with E-state index in [9.17, 15) is 14.0 Å². The van der Waals surface area contributed by atoms with Crippen LogP contribution >= 0.6 is 0 Å². The number of rotatable bonds is 4. The number of carbonyl (C=O) groups is 2. The normalized spacial score (nSPS) is 16.6. The number of carboxylic acids is 1. The van der Waals surface area contributed by atoms with Crippen LogP contribution in [0.4, 0.5) is 4.39 Å². The molecule has 1 aromatic carbocycles. The van der Waals surface area contributed by atoms with Gasteiger partial charge in [0.1, 0.15) is 17.3 Å². The van der Waals surface area contributed by atoms with Gasteiger partial charge in [0, 0.05) is 12.1 Å². The summed E-state index contributed by atoms with van der Waals surface area (Å²) in [4.78, 5) is 40.9. The fourth-order valence-corrected chi connectivity index (χ4v) is 3.46. The van der Waals surface area contributed by atoms with E-state index in [0.29, 0.717) is 23.6 Å². The Balaban J connectivity index is 1.59. The number of likely N-dealkylation sites (tertiary alicyclic amines) is 1. The van der Waals surface area contributed by atoms with Crippen molar-refractivity contribution < 1.29 is 19.1 Å². The lowest BCUT2D eigenvalue weighted by Crippen LogP contribution is -2.39. The van der Waals surface area contributed by atoms with Crippen LogP contribution in [0.5, 0.6) is 0 Å². The van der Waals surface area contributed by atoms with E-state index in [1.165, 1.54) is 18.3 Å². The number of hydrogen-bond acceptors (Lipinski definition) is 5. The lowest BCUT2D eigenvalue weighted by molar-refractivity contribution is 0.0591. The zero-order chi connectivity index (χ0) is 20.4. The fraction of sp³-hybridized carbons (Fsp3) is 0.250. The highest BCUT2D eigenvalue weighted by molar-refractivity contribution is 5.93. The third-order valence-electron chi connectivity index (χ3n) is 4.90. The molecule has 2 N–H and O–H groups in total. The van der Waals surface area contributed by atoms with Gasteiger partial charge in [-0.05, 0) is 31.4 Å². The van der Waals surface area contributed by atoms with Crippen molar-refractivity contribution in [1.29, 1.82) is 0 Å². The molecule has 0 radical (unpaired) electrons. The predicted molar refractivity (Wildman–Crippen MR) is 101 cm³/mol. The van der Waals surface area contributed by atoms with Gasteiger partial charge in [0.05, 0.1) is 30.3 Å². The Labute approximate surface area is 165 Å². The summed E-state index contributed by atoms with van der Waals surface area (Å²) in [6, 6.07) is 5.92. The van der Waals surface area contributed by atoms with Crippen molar-refractivity contribution in [2.24, 2.45) is 0 Å². The number of imidazole rings is 1. The number of nitrogens with zero attached hydrogens (tertiary/aromatic N) is 4. The second-order valence-electron chi connectivity index (χ2n) is 6.79. The summed E-state index contributed by atoms with van der Waals surface area (Å²) >= 11 is 0. The lowest BCUT2D eigenvalue weighted by Gasteiger charge is -2.34. The summed E-state index contributed by atoms with van der Waals surface area (Å²) in [5, 5.41) is 8.93. The summed E-state index contributed by atoms with van der Waals surface area (Å²) in [6.45, 7) is 0.530. The maximum atomic E-state index is 13.5. The van der Waals surface area contributed by atoms with Crippen molar-refractivity contribution in [3.63, 3.8) is 0 Å². The van der Waals surface area contributed by atoms with Crippen molar-refractivity contribution in [3.8, 4) is 11.3 Å². The van der Waals surface area contributed by atoms with E-state index in [4.69, 9.17) is 5.11 Å². The first kappa shape index (κ1) is 18.7. The third-order valence-corrected chi connectivity index (χ3v) is 4.90. The molecule has 29 heavy (non-hydrogen) atoms. The van der Waals surface area contributed by atoms with Gasteiger partial charge in [-0.25, -0.2) is 24.1 Å². The molecule has 148 valence electrons. The van der Waals surface area contributed by atoms with Crippen LogP contribution in [0.25, 0.3) is 11.3 Å². The monoisotopic (exact) mass is 395 g/mol. The first-order valence-electron chi connectivity index (χ1n) is 9.20. The number of H-pyrrole nitrogens is 1. The molecule has 9 heteroatoms. The summed E-state index contributed by atoms with van der Waals surface area (Å²) in [7, 11) is 0. The SMILES string of the molecule is O=C(O)c1cnc(C(=O)N2CCCCC2c2ncc(-c3cccc(F)c3)[nH]2)cn1. The Kier molecular flexibility index (Phi) is 5.03. The summed E-state index contributed by atoms with van der Waals surface area (Å²) < 4.78 is 13.5. The molecule has 1 atom stereocenters. The molecule has 1 unspecified atom stereocenters. The number of aromatic carboxylic acids is 1. The molecule has 1 amide bonds. The molecular formula is C20H18FN5O3. The minimum Gasteiger partial charge on any atom is -0.476 e. The number of piperidine rings is 1. The van der Waals surface area contributed by atoms with Crippen molar-refractivity contribution in [2.45, 2.75) is 25.3 Å². The largest absolute Gasteiger partial charge is 0.476 e. The van der Waals surface area contributed by atoms with Gasteiger partial charge in [-0.2, -0.15) is 0 Å². The standard InChI is InChI=1S/C20H18FN5O3/c21-13-5-3-4-12(8-13)14-9-24-18(25-14)17-6-1-2-7-26(17)19(27)15-10-23-16(11-22-15)20(28)29/h3-5,8-11,17H,1-2,6-7H2,(H,24,25)(H,28,29). The van der Waals surface area contributed by atoms with Crippen LogP contribution in [0.15, 0.2) is 42.9 Å². The predicted octanol–water partition coefficient (Wildman–Crippen LogP) is 3.07. The smallest absolute Gasteiger partial charge is 0.356 e. The highest BCUT2D eigenvalue weighted by atomic mass is 19.1. The zero-order valence-electron chi connectivity index (χ0n) is 15.4. The Bertz CT molecular complexity index is 1050. The number of halogens is 1. The molecule has 3 heterocycles. The topological polar surface area (TPSA) is 112 Å². The van der Waals surface area contributed by atoms with E-state index in [2.05, 4.69) is 19.9 Å². The van der Waals surface area contributed by atoms with E-state index in [0.717, 1.165) is 25.5 Å². The maximum Gasteiger partial charge on any atom is 0.356 e. The van der Waals surface area contributed by atoms with Crippen molar-refractivity contribution in [2.75, 3.05) is 6.54 Å². The minimum absolute atomic E-state index is 0.0822. The molecule has 3 aromatic rings. The molecule has 1 aliphatic heterocycles. The first-order valence-corrected chi connectivity index (χ1v) is 9.20. The molecule has 2 aromatic heterocycles. The van der Waals surface area contributed by atoms with Gasteiger partial charge < -0.3 is 15.0 Å². The molecule has 1 saturated heterocycles. The molecule has 1 aliphatic rings. The number of benzene rings is 1. The number of amides is 1. The maximum absolute atomic E-state index is 13.5. The first-order chi connectivity index (χ1) is 14.0. The molecule has 0 aliphatic carbocycles. The van der Waals surface area contributed by atoms with E-state index < -0.39 is 5.97 Å². The van der Waals surface area contributed by atoms with Crippen LogP contribution in [0.2, 0.25) is 0 Å². The Hall–Kier alpha value is -3.62. The molecule has 8 nitrogen and oxygen atoms in total. The van der Waals surface area contributed by atoms with Gasteiger partial charge in [0.2, 0.25) is 0 Å². The molecule has 0 spiro atoms. The van der Waals surface area contributed by atoms with E-state index >= 15 is 0 Å². The third kappa shape index (κ3) is 3.84. The number of aromatic nitrogens is 4. The average molecular weight is 395 g/mol. The molecule has 0 bridgehead atoms. The second-order valence-corrected chi connectivity index (χ2v) is 6.79. The number of carbonyl (C=O) groups excluding carboxylic acids is 1. The van der Waals surface area contributed by atoms with Crippen molar-refractivity contribution in [3.05, 3.63) is 65.9 Å². The fourth-order valence-electron chi connectivity index (χ4n) is 3.46. The van der Waals surface area contributed by atoms with Crippen molar-refractivity contribution >= 4 is 11.9 Å². The highest BCUT2D eigenvalue weighted by Crippen LogP contribution is 2.31. The van der Waals surface area contributed by atoms with Gasteiger partial charge in [0.15, 0.2) is 5.69 Å². The zero-order valence-corrected chi connectivity index (χ0v) is 15.4. The van der Waals surface area contributed by atoms with Gasteiger partial charge in [-0.1, -0.05) is 12.1 Å². The van der Waals surface area contributed by atoms with Crippen LogP contribution in [0.3, 0.4) is 0 Å². The van der Waals surface area contributed by atoms with Gasteiger partial charge in [0.25, 0.3) is 5.91 Å². The molecule has 1 fully saturated rings. The van der Waals surface area contributed by atoms with E-state index in [-0.39, 0.29) is 29.2 Å². The Morgan fingerprint density at radius 1 is 1.10 bits per heavy atom. The summed E-state index contributed by atoms with van der Waals surface area (Å²) in [5.41, 5.74) is 1.21. The quantitative estimate of drug-likeness (QED) is 0.702. The Morgan fingerprint density at radius 2 is 1.90 bits per heavy atom. The second kappa shape index (κ2) is 7.78. The number of aromatic amines is 1. The van der Waals surface area contributed by atoms with Crippen LogP contribution in [-0.4, -0.2) is 48.4 Å². The lowest BCUT2D eigenvalue weighted by atomic mass is 10.0. The molecule has 0 saturated carbocycles. The number of hydrogen-bond donors (Lipinski definition) is 2. The molecule has 4 rings (SSSR count). The van der Waals surface area contributed by atoms with Crippen molar-refractivity contribution in [1.82, 2.24) is 24.8 Å². The van der Waals surface area contributed by atoms with Gasteiger partial charge in [-0.15, -0.1) is 0 Å². The summed E-state index contributed by atoms with van der Waals surface area (Å²) in [6.07, 6.45) is 6.39. The van der Waals surface area contributed by atoms with Crippen LogP contribution in [-0.2, 0) is 0 Å². The van der Waals surface area contributed by atoms with E-state index in [1.807, 2.05) is 0 Å². The van der Waals surface area contributed by atoms with Crippen LogP contribution in [0, 0.1) is 5.82 Å². The average Bonchev–Trinajstić information content (AvgIpc) is 3.23. The minimum atomic E-state index is -1.20. The Morgan fingerprint density at radius 3 is 2.62 bits per heavy atom. The summed E-state index contributed by atoms with van der Waals surface area (Å²) in [5.74, 6) is -1.25. The van der Waals surface area contributed by atoms with Crippen LogP contribution in [0.1, 0.15) is 52.1 Å². The molecular weight excluding hydrogens is 377 g/mol. The van der Waals surface area contributed by atoms with Crippen LogP contribution < -0.4 is 0 Å². The highest BCUT2D eigenvalue weighted by Gasteiger charge is 2.31. The van der Waals surface area contributed by atoms with Gasteiger partial charge in [-0.3, -0.25) is 4.79 Å². The van der Waals surface area contributed by atoms with E-state index in [1.54, 1.807) is 23.2 Å².